The summed E-state index contributed by atoms with van der Waals surface area (Å²) in [5.74, 6) is 1.69. The number of carbonyl (C=O) groups is 1. The molecule has 1 aliphatic heterocycles. The number of rotatable bonds is 11. The van der Waals surface area contributed by atoms with Gasteiger partial charge in [-0.1, -0.05) is 23.2 Å². The van der Waals surface area contributed by atoms with Crippen molar-refractivity contribution in [1.82, 2.24) is 29.4 Å². The molecule has 0 atom stereocenters. The molecule has 1 fully saturated rings. The minimum atomic E-state index is -0.146. The average Bonchev–Trinajstić information content (AvgIpc) is 3.50. The van der Waals surface area contributed by atoms with E-state index in [4.69, 9.17) is 37.7 Å². The third-order valence-electron chi connectivity index (χ3n) is 7.25. The van der Waals surface area contributed by atoms with E-state index in [1.807, 2.05) is 47.0 Å². The molecule has 0 aliphatic carbocycles. The molecule has 0 amide bonds. The van der Waals surface area contributed by atoms with Gasteiger partial charge in [0.2, 0.25) is 11.8 Å². The summed E-state index contributed by atoms with van der Waals surface area (Å²) in [4.78, 5) is 33.9. The third kappa shape index (κ3) is 8.18. The van der Waals surface area contributed by atoms with Gasteiger partial charge in [0.1, 0.15) is 0 Å². The second-order valence-corrected chi connectivity index (χ2v) is 11.3. The first kappa shape index (κ1) is 29.8. The molecule has 1 aliphatic rings. The number of anilines is 1. The topological polar surface area (TPSA) is 98.5 Å². The van der Waals surface area contributed by atoms with Crippen molar-refractivity contribution < 1.29 is 14.3 Å². The number of esters is 1. The van der Waals surface area contributed by atoms with Gasteiger partial charge in [0.25, 0.3) is 0 Å². The zero-order chi connectivity index (χ0) is 29.5. The van der Waals surface area contributed by atoms with E-state index in [2.05, 4.69) is 19.9 Å². The Kier molecular flexibility index (Phi) is 9.89. The fourth-order valence-electron chi connectivity index (χ4n) is 4.94. The Morgan fingerprint density at radius 2 is 1.81 bits per heavy atom. The zero-order valence-corrected chi connectivity index (χ0v) is 25.1. The van der Waals surface area contributed by atoms with Crippen LogP contribution < -0.4 is 9.64 Å². The molecule has 5 rings (SSSR count). The number of nitrogens with zero attached hydrogens (tertiary/aromatic N) is 7. The van der Waals surface area contributed by atoms with E-state index < -0.39 is 0 Å². The van der Waals surface area contributed by atoms with E-state index in [0.29, 0.717) is 52.2 Å². The van der Waals surface area contributed by atoms with Gasteiger partial charge in [-0.3, -0.25) is 9.69 Å². The Morgan fingerprint density at radius 1 is 1.07 bits per heavy atom. The molecule has 4 aromatic rings. The lowest BCUT2D eigenvalue weighted by molar-refractivity contribution is -0.142. The predicted octanol–water partition coefficient (Wildman–Crippen LogP) is 5.75. The van der Waals surface area contributed by atoms with E-state index in [0.717, 1.165) is 50.1 Å². The van der Waals surface area contributed by atoms with Gasteiger partial charge in [-0.2, -0.15) is 0 Å². The number of likely N-dealkylation sites (N-methyl/N-ethyl adjacent to an activating group) is 1. The number of piperidine rings is 1. The second-order valence-electron chi connectivity index (χ2n) is 10.4. The number of aromatic nitrogens is 5. The number of pyridine rings is 1. The molecule has 0 spiro atoms. The van der Waals surface area contributed by atoms with Crippen LogP contribution in [0.25, 0.3) is 11.3 Å². The summed E-state index contributed by atoms with van der Waals surface area (Å²) in [7, 11) is 3.38. The maximum Gasteiger partial charge on any atom is 0.305 e. The lowest BCUT2D eigenvalue weighted by Gasteiger charge is -2.31. The normalized spacial score (nSPS) is 14.1. The number of hydrogen-bond donors (Lipinski definition) is 0. The highest BCUT2D eigenvalue weighted by atomic mass is 35.5. The first-order chi connectivity index (χ1) is 20.3. The van der Waals surface area contributed by atoms with Gasteiger partial charge in [0.05, 0.1) is 31.5 Å². The van der Waals surface area contributed by atoms with Crippen LogP contribution in [0, 0.1) is 5.92 Å². The fourth-order valence-corrected chi connectivity index (χ4v) is 5.47. The van der Waals surface area contributed by atoms with Crippen LogP contribution in [0.2, 0.25) is 10.0 Å². The van der Waals surface area contributed by atoms with E-state index in [9.17, 15) is 4.79 Å². The summed E-state index contributed by atoms with van der Waals surface area (Å²) >= 11 is 12.6. The molecule has 1 saturated heterocycles. The summed E-state index contributed by atoms with van der Waals surface area (Å²) in [6.45, 7) is 3.99. The highest BCUT2D eigenvalue weighted by molar-refractivity contribution is 6.35. The highest BCUT2D eigenvalue weighted by Crippen LogP contribution is 2.31. The molecule has 1 aromatic carbocycles. The zero-order valence-electron chi connectivity index (χ0n) is 23.6. The minimum absolute atomic E-state index is 0.146. The van der Waals surface area contributed by atoms with E-state index >= 15 is 0 Å². The predicted molar refractivity (Wildman–Crippen MR) is 162 cm³/mol. The summed E-state index contributed by atoms with van der Waals surface area (Å²) in [5.41, 5.74) is 2.53. The standard InChI is InChI=1S/C30H33Cl2N7O3/c1-37(9-10-39-8-5-33-20-39)30-34-17-26(18-35-30)42-28-12-22(11-27(36-28)23-14-24(31)16-25(32)15-23)19-38-6-3-21(4-7-38)13-29(40)41-2/h5,8,11-12,14-18,20-21H,3-4,6-7,9-10,13,19H2,1-2H3. The maximum atomic E-state index is 11.7. The summed E-state index contributed by atoms with van der Waals surface area (Å²) in [6.07, 6.45) is 11.1. The van der Waals surface area contributed by atoms with Crippen LogP contribution in [0.5, 0.6) is 11.6 Å². The Morgan fingerprint density at radius 3 is 2.48 bits per heavy atom. The maximum absolute atomic E-state index is 11.7. The molecule has 0 saturated carbocycles. The van der Waals surface area contributed by atoms with Gasteiger partial charge in [0, 0.05) is 67.2 Å². The molecule has 4 heterocycles. The number of ether oxygens (including phenoxy) is 2. The monoisotopic (exact) mass is 609 g/mol. The lowest BCUT2D eigenvalue weighted by Crippen LogP contribution is -2.34. The highest BCUT2D eigenvalue weighted by Gasteiger charge is 2.22. The smallest absolute Gasteiger partial charge is 0.305 e. The van der Waals surface area contributed by atoms with Crippen LogP contribution in [-0.2, 0) is 22.6 Å². The van der Waals surface area contributed by atoms with Crippen molar-refractivity contribution in [2.75, 3.05) is 38.7 Å². The molecule has 0 N–H and O–H groups in total. The van der Waals surface area contributed by atoms with Crippen molar-refractivity contribution in [3.05, 3.63) is 77.1 Å². The SMILES string of the molecule is COC(=O)CC1CCN(Cc2cc(Oc3cnc(N(C)CCn4ccnc4)nc3)nc(-c3cc(Cl)cc(Cl)c3)c2)CC1. The number of benzene rings is 1. The molecular weight excluding hydrogens is 577 g/mol. The number of halogens is 2. The van der Waals surface area contributed by atoms with E-state index in [-0.39, 0.29) is 5.97 Å². The van der Waals surface area contributed by atoms with Crippen molar-refractivity contribution in [3.63, 3.8) is 0 Å². The molecule has 10 nitrogen and oxygen atoms in total. The molecule has 0 radical (unpaired) electrons. The van der Waals surface area contributed by atoms with Gasteiger partial charge < -0.3 is 18.9 Å². The second kappa shape index (κ2) is 14.0. The van der Waals surface area contributed by atoms with Gasteiger partial charge in [-0.05, 0) is 61.7 Å². The largest absolute Gasteiger partial charge is 0.469 e. The number of methoxy groups -OCH3 is 1. The van der Waals surface area contributed by atoms with Crippen LogP contribution in [-0.4, -0.2) is 69.2 Å². The third-order valence-corrected chi connectivity index (χ3v) is 7.68. The first-order valence-corrected chi connectivity index (χ1v) is 14.5. The quantitative estimate of drug-likeness (QED) is 0.197. The van der Waals surface area contributed by atoms with Crippen LogP contribution in [0.4, 0.5) is 5.95 Å². The number of likely N-dealkylation sites (tertiary alicyclic amines) is 1. The number of imidazole rings is 1. The van der Waals surface area contributed by atoms with Gasteiger partial charge >= 0.3 is 5.97 Å². The van der Waals surface area contributed by atoms with Crippen LogP contribution in [0.1, 0.15) is 24.8 Å². The van der Waals surface area contributed by atoms with E-state index in [1.165, 1.54) is 7.11 Å². The molecule has 3 aromatic heterocycles. The Bertz CT molecular complexity index is 1460. The van der Waals surface area contributed by atoms with Gasteiger partial charge in [0.15, 0.2) is 5.75 Å². The Balaban J connectivity index is 1.30. The lowest BCUT2D eigenvalue weighted by atomic mass is 9.93. The van der Waals surface area contributed by atoms with Crippen molar-refractivity contribution in [2.45, 2.75) is 32.4 Å². The summed E-state index contributed by atoms with van der Waals surface area (Å²) < 4.78 is 13.0. The minimum Gasteiger partial charge on any atom is -0.469 e. The van der Waals surface area contributed by atoms with Crippen LogP contribution >= 0.6 is 23.2 Å². The first-order valence-electron chi connectivity index (χ1n) is 13.8. The van der Waals surface area contributed by atoms with Crippen LogP contribution in [0.3, 0.4) is 0 Å². The van der Waals surface area contributed by atoms with Crippen molar-refractivity contribution in [1.29, 1.82) is 0 Å². The summed E-state index contributed by atoms with van der Waals surface area (Å²) in [5, 5.41) is 1.06. The molecule has 220 valence electrons. The van der Waals surface area contributed by atoms with Gasteiger partial charge in [-0.15, -0.1) is 0 Å². The van der Waals surface area contributed by atoms with Crippen molar-refractivity contribution >= 4 is 35.1 Å². The molecule has 12 heteroatoms. The Hall–Kier alpha value is -3.73. The summed E-state index contributed by atoms with van der Waals surface area (Å²) in [6, 6.07) is 9.32. The Labute approximate surface area is 255 Å². The van der Waals surface area contributed by atoms with E-state index in [1.54, 1.807) is 31.0 Å². The van der Waals surface area contributed by atoms with Crippen molar-refractivity contribution in [3.8, 4) is 22.9 Å². The van der Waals surface area contributed by atoms with Crippen molar-refractivity contribution in [2.24, 2.45) is 5.92 Å². The average molecular weight is 611 g/mol. The van der Waals surface area contributed by atoms with Gasteiger partial charge in [-0.25, -0.2) is 19.9 Å². The number of hydrogen-bond acceptors (Lipinski definition) is 9. The molecule has 0 bridgehead atoms. The van der Waals surface area contributed by atoms with Crippen LogP contribution in [0.15, 0.2) is 61.4 Å². The molecular formula is C30H33Cl2N7O3. The molecule has 42 heavy (non-hydrogen) atoms. The number of carbonyl (C=O) groups excluding carboxylic acids is 1. The fraction of sp³-hybridized carbons (Fsp3) is 0.367. The molecule has 0 unspecified atom stereocenters.